The minimum Gasteiger partial charge on any atom is -0.383 e. The molecule has 0 radical (unpaired) electrons. The Hall–Kier alpha value is -0.940. The molecule has 3 nitrogen and oxygen atoms in total. The summed E-state index contributed by atoms with van der Waals surface area (Å²) in [5, 5.41) is 0. The number of halogens is 2. The van der Waals surface area contributed by atoms with Crippen molar-refractivity contribution in [3.05, 3.63) is 35.1 Å². The molecule has 1 aromatic rings. The van der Waals surface area contributed by atoms with Crippen LogP contribution in [0.1, 0.15) is 15.9 Å². The van der Waals surface area contributed by atoms with E-state index >= 15 is 0 Å². The molecule has 0 saturated carbocycles. The lowest BCUT2D eigenvalue weighted by Crippen LogP contribution is -2.34. The summed E-state index contributed by atoms with van der Waals surface area (Å²) >= 11 is 3.40. The second-order valence-electron chi connectivity index (χ2n) is 4.17. The van der Waals surface area contributed by atoms with Crippen LogP contribution in [0.4, 0.5) is 4.39 Å². The third-order valence-electron chi connectivity index (χ3n) is 2.59. The highest BCUT2D eigenvalue weighted by Crippen LogP contribution is 2.14. The van der Waals surface area contributed by atoms with Gasteiger partial charge in [-0.2, -0.15) is 0 Å². The van der Waals surface area contributed by atoms with Crippen LogP contribution in [0.25, 0.3) is 0 Å². The van der Waals surface area contributed by atoms with E-state index in [1.165, 1.54) is 11.0 Å². The SMILES string of the molecule is COCC(Br)CN(C)C(=O)c1cccc(C)c1F. The van der Waals surface area contributed by atoms with Crippen molar-refractivity contribution in [2.24, 2.45) is 0 Å². The summed E-state index contributed by atoms with van der Waals surface area (Å²) in [6.07, 6.45) is 0. The summed E-state index contributed by atoms with van der Waals surface area (Å²) in [4.78, 5) is 13.6. The number of alkyl halides is 1. The maximum atomic E-state index is 13.8. The quantitative estimate of drug-likeness (QED) is 0.781. The zero-order valence-corrected chi connectivity index (χ0v) is 12.3. The van der Waals surface area contributed by atoms with Gasteiger partial charge in [-0.1, -0.05) is 28.1 Å². The largest absolute Gasteiger partial charge is 0.383 e. The topological polar surface area (TPSA) is 29.5 Å². The zero-order chi connectivity index (χ0) is 13.7. The summed E-state index contributed by atoms with van der Waals surface area (Å²) in [5.41, 5.74) is 0.580. The van der Waals surface area contributed by atoms with Crippen LogP contribution in [0.15, 0.2) is 18.2 Å². The van der Waals surface area contributed by atoms with Gasteiger partial charge < -0.3 is 9.64 Å². The Labute approximate surface area is 115 Å². The number of methoxy groups -OCH3 is 1. The first-order valence-corrected chi connectivity index (χ1v) is 6.52. The first-order valence-electron chi connectivity index (χ1n) is 5.61. The Bertz CT molecular complexity index is 425. The van der Waals surface area contributed by atoms with Crippen LogP contribution in [0, 0.1) is 12.7 Å². The van der Waals surface area contributed by atoms with Gasteiger partial charge in [0.15, 0.2) is 0 Å². The molecule has 0 N–H and O–H groups in total. The van der Waals surface area contributed by atoms with Crippen molar-refractivity contribution >= 4 is 21.8 Å². The molecule has 0 fully saturated rings. The molecular weight excluding hydrogens is 301 g/mol. The summed E-state index contributed by atoms with van der Waals surface area (Å²) < 4.78 is 18.8. The highest BCUT2D eigenvalue weighted by atomic mass is 79.9. The summed E-state index contributed by atoms with van der Waals surface area (Å²) in [6.45, 7) is 2.60. The lowest BCUT2D eigenvalue weighted by molar-refractivity contribution is 0.0779. The number of ether oxygens (including phenoxy) is 1. The van der Waals surface area contributed by atoms with Crippen LogP contribution in [0.3, 0.4) is 0 Å². The van der Waals surface area contributed by atoms with Crippen LogP contribution in [0.2, 0.25) is 0 Å². The highest BCUT2D eigenvalue weighted by Gasteiger charge is 2.19. The molecule has 1 rings (SSSR count). The predicted octanol–water partition coefficient (Wildman–Crippen LogP) is 2.62. The van der Waals surface area contributed by atoms with Crippen molar-refractivity contribution in [1.29, 1.82) is 0 Å². The molecule has 1 aromatic carbocycles. The van der Waals surface area contributed by atoms with Gasteiger partial charge in [-0.05, 0) is 18.6 Å². The molecule has 0 aliphatic heterocycles. The van der Waals surface area contributed by atoms with Gasteiger partial charge in [-0.15, -0.1) is 0 Å². The molecule has 1 unspecified atom stereocenters. The lowest BCUT2D eigenvalue weighted by Gasteiger charge is -2.20. The zero-order valence-electron chi connectivity index (χ0n) is 10.7. The number of carbonyl (C=O) groups is 1. The number of aryl methyl sites for hydroxylation is 1. The van der Waals surface area contributed by atoms with E-state index < -0.39 is 5.82 Å². The Balaban J connectivity index is 2.77. The number of carbonyl (C=O) groups excluding carboxylic acids is 1. The molecular formula is C13H17BrFNO2. The van der Waals surface area contributed by atoms with E-state index in [0.717, 1.165) is 0 Å². The molecule has 1 atom stereocenters. The van der Waals surface area contributed by atoms with E-state index in [2.05, 4.69) is 15.9 Å². The number of hydrogen-bond acceptors (Lipinski definition) is 2. The van der Waals surface area contributed by atoms with Crippen molar-refractivity contribution in [3.8, 4) is 0 Å². The third kappa shape index (κ3) is 3.78. The molecule has 5 heteroatoms. The Morgan fingerprint density at radius 3 is 2.83 bits per heavy atom. The molecule has 0 aliphatic carbocycles. The predicted molar refractivity (Wildman–Crippen MR) is 72.7 cm³/mol. The van der Waals surface area contributed by atoms with Gasteiger partial charge in [0.25, 0.3) is 5.91 Å². The summed E-state index contributed by atoms with van der Waals surface area (Å²) in [7, 11) is 3.24. The Morgan fingerprint density at radius 2 is 2.22 bits per heavy atom. The van der Waals surface area contributed by atoms with Crippen LogP contribution >= 0.6 is 15.9 Å². The molecule has 0 heterocycles. The average molecular weight is 318 g/mol. The maximum absolute atomic E-state index is 13.8. The monoisotopic (exact) mass is 317 g/mol. The summed E-state index contributed by atoms with van der Waals surface area (Å²) in [6, 6.07) is 4.82. The van der Waals surface area contributed by atoms with E-state index in [9.17, 15) is 9.18 Å². The van der Waals surface area contributed by atoms with E-state index in [1.54, 1.807) is 33.2 Å². The minimum absolute atomic E-state index is 0.0318. The second-order valence-corrected chi connectivity index (χ2v) is 5.47. The maximum Gasteiger partial charge on any atom is 0.256 e. The first kappa shape index (κ1) is 15.1. The summed E-state index contributed by atoms with van der Waals surface area (Å²) in [5.74, 6) is -0.774. The van der Waals surface area contributed by atoms with Crippen LogP contribution < -0.4 is 0 Å². The van der Waals surface area contributed by atoms with Crippen molar-refractivity contribution in [3.63, 3.8) is 0 Å². The fourth-order valence-corrected chi connectivity index (χ4v) is 2.33. The number of amides is 1. The van der Waals surface area contributed by atoms with Crippen molar-refractivity contribution < 1.29 is 13.9 Å². The standard InChI is InChI=1S/C13H17BrFNO2/c1-9-5-4-6-11(12(9)15)13(17)16(2)7-10(14)8-18-3/h4-6,10H,7-8H2,1-3H3. The lowest BCUT2D eigenvalue weighted by atomic mass is 10.1. The smallest absolute Gasteiger partial charge is 0.256 e. The second kappa shape index (κ2) is 6.85. The van der Waals surface area contributed by atoms with Gasteiger partial charge in [0, 0.05) is 20.7 Å². The van der Waals surface area contributed by atoms with Gasteiger partial charge in [0.2, 0.25) is 0 Å². The van der Waals surface area contributed by atoms with E-state index in [-0.39, 0.29) is 16.3 Å². The van der Waals surface area contributed by atoms with Gasteiger partial charge in [-0.3, -0.25) is 4.79 Å². The van der Waals surface area contributed by atoms with Gasteiger partial charge in [0.1, 0.15) is 5.82 Å². The average Bonchev–Trinajstić information content (AvgIpc) is 2.32. The van der Waals surface area contributed by atoms with E-state index in [4.69, 9.17) is 4.74 Å². The number of benzene rings is 1. The minimum atomic E-state index is -0.452. The number of hydrogen-bond donors (Lipinski definition) is 0. The molecule has 100 valence electrons. The fraction of sp³-hybridized carbons (Fsp3) is 0.462. The van der Waals surface area contributed by atoms with Crippen LogP contribution in [-0.4, -0.2) is 42.9 Å². The van der Waals surface area contributed by atoms with Crippen LogP contribution in [-0.2, 0) is 4.74 Å². The van der Waals surface area contributed by atoms with Crippen LogP contribution in [0.5, 0.6) is 0 Å². The fourth-order valence-electron chi connectivity index (χ4n) is 1.63. The van der Waals surface area contributed by atoms with Crippen molar-refractivity contribution in [1.82, 2.24) is 4.90 Å². The highest BCUT2D eigenvalue weighted by molar-refractivity contribution is 9.09. The Kier molecular flexibility index (Phi) is 5.75. The van der Waals surface area contributed by atoms with Crippen molar-refractivity contribution in [2.45, 2.75) is 11.8 Å². The van der Waals surface area contributed by atoms with Gasteiger partial charge in [0.05, 0.1) is 17.0 Å². The molecule has 0 saturated heterocycles. The molecule has 0 aliphatic rings. The number of rotatable bonds is 5. The van der Waals surface area contributed by atoms with Crippen molar-refractivity contribution in [2.75, 3.05) is 27.3 Å². The Morgan fingerprint density at radius 1 is 1.56 bits per heavy atom. The van der Waals surface area contributed by atoms with E-state index in [0.29, 0.717) is 18.7 Å². The van der Waals surface area contributed by atoms with E-state index in [1.807, 2.05) is 0 Å². The molecule has 0 spiro atoms. The first-order chi connectivity index (χ1) is 8.47. The van der Waals surface area contributed by atoms with Gasteiger partial charge >= 0.3 is 0 Å². The normalized spacial score (nSPS) is 12.3. The molecule has 18 heavy (non-hydrogen) atoms. The molecule has 1 amide bonds. The molecule has 0 bridgehead atoms. The molecule has 0 aromatic heterocycles. The number of nitrogens with zero attached hydrogens (tertiary/aromatic N) is 1. The third-order valence-corrected chi connectivity index (χ3v) is 3.14. The van der Waals surface area contributed by atoms with Gasteiger partial charge in [-0.25, -0.2) is 4.39 Å².